The van der Waals surface area contributed by atoms with Gasteiger partial charge in [0, 0.05) is 11.9 Å². The van der Waals surface area contributed by atoms with Crippen LogP contribution in [-0.4, -0.2) is 52.5 Å². The number of hydrogen-bond donors (Lipinski definition) is 4. The first-order valence-corrected chi connectivity index (χ1v) is 11.9. The molecule has 3 atom stereocenters. The third-order valence-corrected chi connectivity index (χ3v) is 5.12. The van der Waals surface area contributed by atoms with Crippen LogP contribution in [0.25, 0.3) is 0 Å². The molecule has 0 bridgehead atoms. The molecule has 10 nitrogen and oxygen atoms in total. The molecule has 0 fully saturated rings. The molecular weight excluding hydrogens is 460 g/mol. The predicted molar refractivity (Wildman–Crippen MR) is 127 cm³/mol. The van der Waals surface area contributed by atoms with Gasteiger partial charge in [-0.05, 0) is 30.5 Å². The average molecular weight is 487 g/mol. The van der Waals surface area contributed by atoms with Crippen molar-refractivity contribution in [2.24, 2.45) is 0 Å². The van der Waals surface area contributed by atoms with Gasteiger partial charge in [-0.25, -0.2) is 4.21 Å². The molecule has 2 rings (SSSR count). The molecule has 4 amide bonds. The number of amides is 4. The van der Waals surface area contributed by atoms with Gasteiger partial charge >= 0.3 is 11.8 Å². The molecule has 0 saturated heterocycles. The maximum absolute atomic E-state index is 12.4. The van der Waals surface area contributed by atoms with Gasteiger partial charge in [-0.3, -0.25) is 23.9 Å². The summed E-state index contributed by atoms with van der Waals surface area (Å²) in [4.78, 5) is 59.8. The molecule has 2 aromatic rings. The highest BCUT2D eigenvalue weighted by molar-refractivity contribution is 7.82. The van der Waals surface area contributed by atoms with Crippen LogP contribution in [0.3, 0.4) is 0 Å². The molecule has 0 aliphatic rings. The number of carbonyl (C=O) groups excluding carboxylic acids is 5. The van der Waals surface area contributed by atoms with Crippen LogP contribution in [-0.2, 0) is 41.4 Å². The molecule has 2 aromatic carbocycles. The van der Waals surface area contributed by atoms with E-state index in [4.69, 9.17) is 0 Å². The number of para-hydroxylation sites is 1. The van der Waals surface area contributed by atoms with Gasteiger partial charge in [-0.15, -0.1) is 0 Å². The van der Waals surface area contributed by atoms with Crippen LogP contribution < -0.4 is 20.7 Å². The van der Waals surface area contributed by atoms with E-state index in [0.29, 0.717) is 18.4 Å². The number of carbonyl (C=O) groups is 5. The van der Waals surface area contributed by atoms with Crippen LogP contribution in [0.1, 0.15) is 24.5 Å². The zero-order chi connectivity index (χ0) is 25.1. The van der Waals surface area contributed by atoms with E-state index in [1.54, 1.807) is 12.1 Å². The maximum atomic E-state index is 12.4. The lowest BCUT2D eigenvalue weighted by atomic mass is 10.0. The van der Waals surface area contributed by atoms with E-state index in [1.807, 2.05) is 42.5 Å². The van der Waals surface area contributed by atoms with Crippen molar-refractivity contribution in [3.05, 3.63) is 65.7 Å². The van der Waals surface area contributed by atoms with Gasteiger partial charge in [0.15, 0.2) is 0 Å². The molecule has 0 spiro atoms. The van der Waals surface area contributed by atoms with Crippen molar-refractivity contribution in [3.8, 4) is 0 Å². The van der Waals surface area contributed by atoms with E-state index in [1.165, 1.54) is 13.2 Å². The second-order valence-corrected chi connectivity index (χ2v) is 8.52. The van der Waals surface area contributed by atoms with Crippen molar-refractivity contribution in [2.75, 3.05) is 11.6 Å². The Kier molecular flexibility index (Phi) is 10.1. The Morgan fingerprint density at radius 1 is 0.941 bits per heavy atom. The zero-order valence-electron chi connectivity index (χ0n) is 18.7. The molecule has 0 radical (unpaired) electrons. The number of aldehydes is 1. The Labute approximate surface area is 199 Å². The number of hydrogen-bond acceptors (Lipinski definition) is 6. The molecule has 0 aromatic heterocycles. The number of benzene rings is 2. The van der Waals surface area contributed by atoms with E-state index < -0.39 is 53.1 Å². The lowest BCUT2D eigenvalue weighted by Crippen LogP contribution is -2.51. The minimum Gasteiger partial charge on any atom is -0.344 e. The summed E-state index contributed by atoms with van der Waals surface area (Å²) in [7, 11) is -1.61. The van der Waals surface area contributed by atoms with Gasteiger partial charge in [-0.2, -0.15) is 0 Å². The van der Waals surface area contributed by atoms with E-state index in [-0.39, 0.29) is 0 Å². The van der Waals surface area contributed by atoms with Crippen molar-refractivity contribution >= 4 is 46.6 Å². The fourth-order valence-corrected chi connectivity index (χ4v) is 3.37. The lowest BCUT2D eigenvalue weighted by molar-refractivity contribution is -0.138. The predicted octanol–water partition coefficient (Wildman–Crippen LogP) is 0.204. The molecule has 0 heterocycles. The quantitative estimate of drug-likeness (QED) is 0.278. The van der Waals surface area contributed by atoms with Crippen molar-refractivity contribution < 1.29 is 28.2 Å². The monoisotopic (exact) mass is 486 g/mol. The molecule has 3 unspecified atom stereocenters. The standard InChI is InChI=1S/C23H26N4O6S/c1-15(21(30)25-18(14-28)13-20(29)27-34(2)33)24-22(31)23(32)26-19-11-7-6-10-17(19)12-16-8-4-3-5-9-16/h3-11,14-15,18H,12-13H2,1-2H3,(H,24,31)(H,25,30)(H,26,32)(H,27,29). The highest BCUT2D eigenvalue weighted by Crippen LogP contribution is 2.19. The first-order valence-electron chi connectivity index (χ1n) is 10.3. The number of anilines is 1. The van der Waals surface area contributed by atoms with Gasteiger partial charge < -0.3 is 20.7 Å². The molecule has 0 aliphatic heterocycles. The van der Waals surface area contributed by atoms with Crippen molar-refractivity contribution in [1.29, 1.82) is 0 Å². The summed E-state index contributed by atoms with van der Waals surface area (Å²) >= 11 is 0. The van der Waals surface area contributed by atoms with E-state index >= 15 is 0 Å². The summed E-state index contributed by atoms with van der Waals surface area (Å²) in [6.45, 7) is 1.33. The van der Waals surface area contributed by atoms with Crippen molar-refractivity contribution in [2.45, 2.75) is 31.8 Å². The Hall–Kier alpha value is -3.86. The Balaban J connectivity index is 1.93. The summed E-state index contributed by atoms with van der Waals surface area (Å²) in [5.41, 5.74) is 2.30. The number of nitrogens with one attached hydrogen (secondary N) is 4. The number of rotatable bonds is 10. The highest BCUT2D eigenvalue weighted by atomic mass is 32.2. The Morgan fingerprint density at radius 3 is 2.24 bits per heavy atom. The van der Waals surface area contributed by atoms with E-state index in [9.17, 15) is 28.2 Å². The lowest BCUT2D eigenvalue weighted by Gasteiger charge is -2.17. The van der Waals surface area contributed by atoms with Gasteiger partial charge in [0.1, 0.15) is 23.3 Å². The summed E-state index contributed by atoms with van der Waals surface area (Å²) < 4.78 is 13.1. The minimum atomic E-state index is -1.61. The van der Waals surface area contributed by atoms with Gasteiger partial charge in [0.2, 0.25) is 11.8 Å². The molecular formula is C23H26N4O6S. The largest absolute Gasteiger partial charge is 0.344 e. The first-order chi connectivity index (χ1) is 16.2. The fraction of sp³-hybridized carbons (Fsp3) is 0.261. The molecule has 0 saturated carbocycles. The topological polar surface area (TPSA) is 151 Å². The SMILES string of the molecule is CC(NC(=O)C(=O)Nc1ccccc1Cc1ccccc1)C(=O)NC(C=O)CC(=O)NS(C)=O. The van der Waals surface area contributed by atoms with Crippen LogP contribution in [0.4, 0.5) is 5.69 Å². The molecule has 0 aliphatic carbocycles. The highest BCUT2D eigenvalue weighted by Gasteiger charge is 2.24. The molecule has 11 heteroatoms. The minimum absolute atomic E-state index is 0.348. The normalized spacial score (nSPS) is 13.0. The molecule has 180 valence electrons. The van der Waals surface area contributed by atoms with E-state index in [0.717, 1.165) is 11.1 Å². The Morgan fingerprint density at radius 2 is 1.59 bits per heavy atom. The van der Waals surface area contributed by atoms with Crippen LogP contribution in [0.15, 0.2) is 54.6 Å². The van der Waals surface area contributed by atoms with Crippen molar-refractivity contribution in [1.82, 2.24) is 15.4 Å². The summed E-state index contributed by atoms with van der Waals surface area (Å²) in [5.74, 6) is -3.47. The third kappa shape index (κ3) is 8.58. The summed E-state index contributed by atoms with van der Waals surface area (Å²) in [6.07, 6.45) is 1.72. The summed E-state index contributed by atoms with van der Waals surface area (Å²) in [5, 5.41) is 7.09. The fourth-order valence-electron chi connectivity index (χ4n) is 2.96. The van der Waals surface area contributed by atoms with Crippen LogP contribution in [0, 0.1) is 0 Å². The van der Waals surface area contributed by atoms with Gasteiger partial charge in [0.25, 0.3) is 0 Å². The second kappa shape index (κ2) is 13.0. The van der Waals surface area contributed by atoms with Crippen molar-refractivity contribution in [3.63, 3.8) is 0 Å². The van der Waals surface area contributed by atoms with Crippen LogP contribution in [0.2, 0.25) is 0 Å². The van der Waals surface area contributed by atoms with Gasteiger partial charge in [-0.1, -0.05) is 48.5 Å². The first kappa shape index (κ1) is 26.4. The molecule has 34 heavy (non-hydrogen) atoms. The Bertz CT molecular complexity index is 1080. The third-order valence-electron chi connectivity index (χ3n) is 4.60. The smallest absolute Gasteiger partial charge is 0.313 e. The van der Waals surface area contributed by atoms with Crippen LogP contribution >= 0.6 is 0 Å². The maximum Gasteiger partial charge on any atom is 0.313 e. The van der Waals surface area contributed by atoms with Crippen LogP contribution in [0.5, 0.6) is 0 Å². The molecule has 4 N–H and O–H groups in total. The van der Waals surface area contributed by atoms with Gasteiger partial charge in [0.05, 0.1) is 12.5 Å². The zero-order valence-corrected chi connectivity index (χ0v) is 19.5. The second-order valence-electron chi connectivity index (χ2n) is 7.40. The average Bonchev–Trinajstić information content (AvgIpc) is 2.79. The van der Waals surface area contributed by atoms with E-state index in [2.05, 4.69) is 20.7 Å². The summed E-state index contributed by atoms with van der Waals surface area (Å²) in [6, 6.07) is 14.3.